The molecule has 3 nitrogen and oxygen atoms in total. The van der Waals surface area contributed by atoms with Gasteiger partial charge in [0, 0.05) is 37.2 Å². The fourth-order valence-electron chi connectivity index (χ4n) is 3.14. The zero-order valence-corrected chi connectivity index (χ0v) is 14.3. The fraction of sp³-hybridized carbons (Fsp3) is 0.400. The number of hydrogen-bond donors (Lipinski definition) is 1. The molecule has 1 aliphatic rings. The van der Waals surface area contributed by atoms with Crippen molar-refractivity contribution in [3.8, 4) is 11.1 Å². The van der Waals surface area contributed by atoms with Gasteiger partial charge in [0.05, 0.1) is 0 Å². The van der Waals surface area contributed by atoms with Crippen molar-refractivity contribution >= 4 is 5.91 Å². The minimum Gasteiger partial charge on any atom is -0.352 e. The highest BCUT2D eigenvalue weighted by Crippen LogP contribution is 2.43. The molecular weight excluding hydrogens is 322 g/mol. The van der Waals surface area contributed by atoms with E-state index in [9.17, 15) is 13.6 Å². The summed E-state index contributed by atoms with van der Waals surface area (Å²) in [6.07, 6.45) is 3.57. The van der Waals surface area contributed by atoms with E-state index in [1.54, 1.807) is 19.3 Å². The molecule has 132 valence electrons. The maximum absolute atomic E-state index is 13.3. The molecule has 1 aromatic heterocycles. The Balaban J connectivity index is 1.57. The van der Waals surface area contributed by atoms with Gasteiger partial charge in [0.1, 0.15) is 0 Å². The number of benzene rings is 1. The SMILES string of the molecule is CC1(C(=O)NCc2ccc(-c3cccnc3)cc2)CCC(F)(F)CC1. The van der Waals surface area contributed by atoms with Gasteiger partial charge in [-0.3, -0.25) is 9.78 Å². The maximum atomic E-state index is 13.3. The van der Waals surface area contributed by atoms with E-state index in [1.807, 2.05) is 36.4 Å². The average Bonchev–Trinajstić information content (AvgIpc) is 2.63. The summed E-state index contributed by atoms with van der Waals surface area (Å²) < 4.78 is 26.6. The summed E-state index contributed by atoms with van der Waals surface area (Å²) in [4.78, 5) is 16.5. The number of amides is 1. The number of alkyl halides is 2. The normalized spacial score (nSPS) is 18.5. The van der Waals surface area contributed by atoms with Crippen molar-refractivity contribution in [1.82, 2.24) is 10.3 Å². The van der Waals surface area contributed by atoms with E-state index >= 15 is 0 Å². The second kappa shape index (κ2) is 6.90. The van der Waals surface area contributed by atoms with Crippen molar-refractivity contribution in [2.75, 3.05) is 0 Å². The van der Waals surface area contributed by atoms with E-state index in [1.165, 1.54) is 0 Å². The van der Waals surface area contributed by atoms with Crippen LogP contribution in [-0.4, -0.2) is 16.8 Å². The number of rotatable bonds is 4. The zero-order valence-electron chi connectivity index (χ0n) is 14.3. The fourth-order valence-corrected chi connectivity index (χ4v) is 3.14. The van der Waals surface area contributed by atoms with Crippen LogP contribution < -0.4 is 5.32 Å². The van der Waals surface area contributed by atoms with Gasteiger partial charge in [-0.25, -0.2) is 8.78 Å². The van der Waals surface area contributed by atoms with Crippen LogP contribution in [0.1, 0.15) is 38.2 Å². The second-order valence-corrected chi connectivity index (χ2v) is 7.04. The van der Waals surface area contributed by atoms with Gasteiger partial charge in [-0.2, -0.15) is 0 Å². The summed E-state index contributed by atoms with van der Waals surface area (Å²) in [5, 5.41) is 2.90. The molecule has 0 aliphatic heterocycles. The Kier molecular flexibility index (Phi) is 4.84. The topological polar surface area (TPSA) is 42.0 Å². The first kappa shape index (κ1) is 17.5. The van der Waals surface area contributed by atoms with Crippen LogP contribution in [0.15, 0.2) is 48.8 Å². The summed E-state index contributed by atoms with van der Waals surface area (Å²) in [5.41, 5.74) is 2.38. The number of hydrogen-bond acceptors (Lipinski definition) is 2. The molecule has 0 saturated heterocycles. The van der Waals surface area contributed by atoms with Crippen molar-refractivity contribution < 1.29 is 13.6 Å². The molecular formula is C20H22F2N2O. The van der Waals surface area contributed by atoms with Crippen LogP contribution in [0, 0.1) is 5.41 Å². The minimum atomic E-state index is -2.62. The molecule has 0 spiro atoms. The third kappa shape index (κ3) is 4.21. The van der Waals surface area contributed by atoms with E-state index in [0.717, 1.165) is 16.7 Å². The molecule has 3 rings (SSSR count). The van der Waals surface area contributed by atoms with Crippen LogP contribution in [0.5, 0.6) is 0 Å². The summed E-state index contributed by atoms with van der Waals surface area (Å²) >= 11 is 0. The number of carbonyl (C=O) groups is 1. The van der Waals surface area contributed by atoms with Crippen molar-refractivity contribution in [2.24, 2.45) is 5.41 Å². The Labute approximate surface area is 146 Å². The van der Waals surface area contributed by atoms with E-state index in [-0.39, 0.29) is 31.6 Å². The van der Waals surface area contributed by atoms with Gasteiger partial charge >= 0.3 is 0 Å². The highest BCUT2D eigenvalue weighted by molar-refractivity contribution is 5.82. The molecule has 1 N–H and O–H groups in total. The second-order valence-electron chi connectivity index (χ2n) is 7.04. The molecule has 2 aromatic rings. The monoisotopic (exact) mass is 344 g/mol. The van der Waals surface area contributed by atoms with Crippen LogP contribution >= 0.6 is 0 Å². The van der Waals surface area contributed by atoms with Gasteiger partial charge in [0.15, 0.2) is 0 Å². The van der Waals surface area contributed by atoms with Crippen LogP contribution in [0.3, 0.4) is 0 Å². The Morgan fingerprint density at radius 3 is 2.36 bits per heavy atom. The molecule has 1 heterocycles. The summed E-state index contributed by atoms with van der Waals surface area (Å²) in [6, 6.07) is 11.8. The molecule has 0 bridgehead atoms. The van der Waals surface area contributed by atoms with Crippen LogP contribution in [0.25, 0.3) is 11.1 Å². The predicted molar refractivity (Wildman–Crippen MR) is 93.0 cm³/mol. The number of aromatic nitrogens is 1. The molecule has 1 aromatic carbocycles. The van der Waals surface area contributed by atoms with Crippen LogP contribution in [0.2, 0.25) is 0 Å². The lowest BCUT2D eigenvalue weighted by molar-refractivity contribution is -0.137. The molecule has 25 heavy (non-hydrogen) atoms. The summed E-state index contributed by atoms with van der Waals surface area (Å²) in [6.45, 7) is 2.18. The standard InChI is InChI=1S/C20H22F2N2O/c1-19(8-10-20(21,22)11-9-19)18(25)24-13-15-4-6-16(7-5-15)17-3-2-12-23-14-17/h2-7,12,14H,8-11,13H2,1H3,(H,24,25). The third-order valence-electron chi connectivity index (χ3n) is 5.04. The molecule has 1 fully saturated rings. The van der Waals surface area contributed by atoms with Crippen molar-refractivity contribution in [3.63, 3.8) is 0 Å². The maximum Gasteiger partial charge on any atom is 0.248 e. The number of nitrogens with one attached hydrogen (secondary N) is 1. The molecule has 0 unspecified atom stereocenters. The molecule has 1 amide bonds. The van der Waals surface area contributed by atoms with E-state index in [4.69, 9.17) is 0 Å². The lowest BCUT2D eigenvalue weighted by Gasteiger charge is -2.35. The van der Waals surface area contributed by atoms with Crippen molar-refractivity contribution in [2.45, 2.75) is 45.1 Å². The lowest BCUT2D eigenvalue weighted by Crippen LogP contribution is -2.43. The summed E-state index contributed by atoms with van der Waals surface area (Å²) in [5.74, 6) is -2.76. The molecule has 5 heteroatoms. The molecule has 0 radical (unpaired) electrons. The average molecular weight is 344 g/mol. The highest BCUT2D eigenvalue weighted by atomic mass is 19.3. The van der Waals surface area contributed by atoms with Gasteiger partial charge < -0.3 is 5.32 Å². The third-order valence-corrected chi connectivity index (χ3v) is 5.04. The first-order chi connectivity index (χ1) is 11.9. The molecule has 0 atom stereocenters. The van der Waals surface area contributed by atoms with Gasteiger partial charge in [-0.05, 0) is 35.6 Å². The Hall–Kier alpha value is -2.30. The largest absolute Gasteiger partial charge is 0.352 e. The first-order valence-electron chi connectivity index (χ1n) is 8.54. The Morgan fingerprint density at radius 2 is 1.76 bits per heavy atom. The predicted octanol–water partition coefficient (Wildman–Crippen LogP) is 4.58. The van der Waals surface area contributed by atoms with Crippen molar-refractivity contribution in [3.05, 3.63) is 54.4 Å². The van der Waals surface area contributed by atoms with Gasteiger partial charge in [-0.15, -0.1) is 0 Å². The number of pyridine rings is 1. The van der Waals surface area contributed by atoms with E-state index < -0.39 is 11.3 Å². The van der Waals surface area contributed by atoms with Crippen molar-refractivity contribution in [1.29, 1.82) is 0 Å². The number of halogens is 2. The van der Waals surface area contributed by atoms with Crippen LogP contribution in [-0.2, 0) is 11.3 Å². The van der Waals surface area contributed by atoms with Gasteiger partial charge in [0.25, 0.3) is 0 Å². The van der Waals surface area contributed by atoms with E-state index in [0.29, 0.717) is 6.54 Å². The Morgan fingerprint density at radius 1 is 1.08 bits per heavy atom. The Bertz CT molecular complexity index is 719. The van der Waals surface area contributed by atoms with Gasteiger partial charge in [-0.1, -0.05) is 37.3 Å². The van der Waals surface area contributed by atoms with Crippen LogP contribution in [0.4, 0.5) is 8.78 Å². The summed E-state index contributed by atoms with van der Waals surface area (Å²) in [7, 11) is 0. The quantitative estimate of drug-likeness (QED) is 0.882. The lowest BCUT2D eigenvalue weighted by atomic mass is 9.73. The van der Waals surface area contributed by atoms with E-state index in [2.05, 4.69) is 10.3 Å². The number of carbonyl (C=O) groups excluding carboxylic acids is 1. The molecule has 1 saturated carbocycles. The number of nitrogens with zero attached hydrogens (tertiary/aromatic N) is 1. The molecule has 1 aliphatic carbocycles. The zero-order chi connectivity index (χ0) is 17.9. The first-order valence-corrected chi connectivity index (χ1v) is 8.54. The smallest absolute Gasteiger partial charge is 0.248 e. The van der Waals surface area contributed by atoms with Gasteiger partial charge in [0.2, 0.25) is 11.8 Å². The minimum absolute atomic E-state index is 0.140. The highest BCUT2D eigenvalue weighted by Gasteiger charge is 2.44.